The van der Waals surface area contributed by atoms with Gasteiger partial charge in [0.15, 0.2) is 0 Å². The molecule has 1 heterocycles. The van der Waals surface area contributed by atoms with E-state index in [0.717, 1.165) is 16.1 Å². The molecule has 0 bridgehead atoms. The van der Waals surface area contributed by atoms with Gasteiger partial charge >= 0.3 is 0 Å². The van der Waals surface area contributed by atoms with E-state index in [9.17, 15) is 9.59 Å². The number of nitrogens with zero attached hydrogens (tertiary/aromatic N) is 1. The Bertz CT molecular complexity index is 713. The van der Waals surface area contributed by atoms with Crippen molar-refractivity contribution in [1.82, 2.24) is 10.2 Å². The molecule has 0 aliphatic carbocycles. The Morgan fingerprint density at radius 1 is 1.08 bits per heavy atom. The van der Waals surface area contributed by atoms with Crippen LogP contribution in [0.3, 0.4) is 0 Å². The summed E-state index contributed by atoms with van der Waals surface area (Å²) < 4.78 is 0. The van der Waals surface area contributed by atoms with Crippen LogP contribution in [-0.2, 0) is 16.1 Å². The first-order valence-corrected chi connectivity index (χ1v) is 9.24. The molecule has 0 aliphatic heterocycles. The van der Waals surface area contributed by atoms with E-state index < -0.39 is 0 Å². The Balaban J connectivity index is 1.80. The maximum atomic E-state index is 12.2. The van der Waals surface area contributed by atoms with Gasteiger partial charge in [-0.2, -0.15) is 0 Å². The van der Waals surface area contributed by atoms with Crippen molar-refractivity contribution in [3.8, 4) is 0 Å². The Morgan fingerprint density at radius 2 is 1.84 bits per heavy atom. The summed E-state index contributed by atoms with van der Waals surface area (Å²) in [5.41, 5.74) is 3.11. The number of hydrogen-bond donors (Lipinski definition) is 2. The Kier molecular flexibility index (Phi) is 7.16. The van der Waals surface area contributed by atoms with Crippen molar-refractivity contribution in [3.63, 3.8) is 0 Å². The molecule has 0 unspecified atom stereocenters. The second-order valence-electron chi connectivity index (χ2n) is 6.01. The number of hydrogen-bond acceptors (Lipinski definition) is 4. The zero-order chi connectivity index (χ0) is 18.2. The maximum absolute atomic E-state index is 12.2. The lowest BCUT2D eigenvalue weighted by atomic mass is 10.1. The lowest BCUT2D eigenvalue weighted by molar-refractivity contribution is -0.123. The summed E-state index contributed by atoms with van der Waals surface area (Å²) in [5, 5.41) is 7.76. The highest BCUT2D eigenvalue weighted by molar-refractivity contribution is 7.09. The number of carbonyl (C=O) groups excluding carboxylic acids is 2. The van der Waals surface area contributed by atoms with Crippen LogP contribution in [0.15, 0.2) is 35.7 Å². The van der Waals surface area contributed by atoms with Gasteiger partial charge in [0.25, 0.3) is 0 Å². The second kappa shape index (κ2) is 9.34. The van der Waals surface area contributed by atoms with Crippen molar-refractivity contribution in [2.45, 2.75) is 27.3 Å². The predicted octanol–water partition coefficient (Wildman–Crippen LogP) is 2.94. The van der Waals surface area contributed by atoms with Gasteiger partial charge in [-0.05, 0) is 55.1 Å². The minimum atomic E-state index is -0.115. The molecule has 0 aliphatic rings. The molecule has 2 rings (SSSR count). The van der Waals surface area contributed by atoms with Crippen molar-refractivity contribution in [2.24, 2.45) is 0 Å². The number of benzene rings is 1. The number of aryl methyl sites for hydroxylation is 2. The van der Waals surface area contributed by atoms with Crippen LogP contribution in [0.1, 0.15) is 22.9 Å². The molecule has 2 N–H and O–H groups in total. The van der Waals surface area contributed by atoms with E-state index in [4.69, 9.17) is 0 Å². The molecule has 0 spiro atoms. The van der Waals surface area contributed by atoms with Gasteiger partial charge in [-0.15, -0.1) is 11.3 Å². The molecule has 2 aromatic rings. The Labute approximate surface area is 153 Å². The van der Waals surface area contributed by atoms with Gasteiger partial charge in [-0.3, -0.25) is 14.5 Å². The van der Waals surface area contributed by atoms with Gasteiger partial charge in [-0.1, -0.05) is 19.1 Å². The zero-order valence-electron chi connectivity index (χ0n) is 15.0. The van der Waals surface area contributed by atoms with E-state index in [2.05, 4.69) is 10.6 Å². The normalized spacial score (nSPS) is 10.7. The van der Waals surface area contributed by atoms with Crippen LogP contribution >= 0.6 is 11.3 Å². The average molecular weight is 359 g/mol. The van der Waals surface area contributed by atoms with Gasteiger partial charge in [0.05, 0.1) is 19.6 Å². The number of nitrogens with one attached hydrogen (secondary N) is 2. The molecule has 0 fully saturated rings. The number of anilines is 1. The molecule has 2 amide bonds. The van der Waals surface area contributed by atoms with Crippen LogP contribution in [0, 0.1) is 13.8 Å². The van der Waals surface area contributed by atoms with E-state index in [0.29, 0.717) is 13.1 Å². The van der Waals surface area contributed by atoms with Crippen LogP contribution in [0.5, 0.6) is 0 Å². The van der Waals surface area contributed by atoms with Gasteiger partial charge in [-0.25, -0.2) is 0 Å². The van der Waals surface area contributed by atoms with Gasteiger partial charge in [0.2, 0.25) is 11.8 Å². The van der Waals surface area contributed by atoms with Crippen LogP contribution in [0.25, 0.3) is 0 Å². The topological polar surface area (TPSA) is 61.4 Å². The molecule has 0 atom stereocenters. The fourth-order valence-corrected chi connectivity index (χ4v) is 3.00. The summed E-state index contributed by atoms with van der Waals surface area (Å²) in [5.74, 6) is -0.189. The summed E-state index contributed by atoms with van der Waals surface area (Å²) in [6.45, 7) is 7.55. The van der Waals surface area contributed by atoms with Crippen LogP contribution in [0.4, 0.5) is 5.69 Å². The fourth-order valence-electron chi connectivity index (χ4n) is 2.36. The molecular weight excluding hydrogens is 334 g/mol. The van der Waals surface area contributed by atoms with Crippen LogP contribution in [-0.4, -0.2) is 36.3 Å². The first-order chi connectivity index (χ1) is 12.0. The maximum Gasteiger partial charge on any atom is 0.238 e. The van der Waals surface area contributed by atoms with Crippen LogP contribution < -0.4 is 10.6 Å². The van der Waals surface area contributed by atoms with Crippen molar-refractivity contribution in [2.75, 3.05) is 25.0 Å². The molecule has 1 aromatic heterocycles. The highest BCUT2D eigenvalue weighted by Crippen LogP contribution is 2.14. The smallest absolute Gasteiger partial charge is 0.238 e. The molecule has 134 valence electrons. The number of carbonyl (C=O) groups is 2. The third-order valence-corrected chi connectivity index (χ3v) is 4.89. The summed E-state index contributed by atoms with van der Waals surface area (Å²) in [6.07, 6.45) is 0. The van der Waals surface area contributed by atoms with Crippen molar-refractivity contribution >= 4 is 28.8 Å². The largest absolute Gasteiger partial charge is 0.350 e. The molecule has 5 nitrogen and oxygen atoms in total. The summed E-state index contributed by atoms with van der Waals surface area (Å²) in [4.78, 5) is 27.2. The second-order valence-corrected chi connectivity index (χ2v) is 7.04. The van der Waals surface area contributed by atoms with Crippen molar-refractivity contribution < 1.29 is 9.59 Å². The van der Waals surface area contributed by atoms with Gasteiger partial charge < -0.3 is 10.6 Å². The van der Waals surface area contributed by atoms with Crippen LogP contribution in [0.2, 0.25) is 0 Å². The SMILES string of the molecule is CCN(CC(=O)NCc1cccs1)CC(=O)Nc1ccc(C)c(C)c1. The zero-order valence-corrected chi connectivity index (χ0v) is 15.8. The predicted molar refractivity (Wildman–Crippen MR) is 103 cm³/mol. The standard InChI is InChI=1S/C19H25N3O2S/c1-4-22(12-18(23)20-11-17-6-5-9-25-17)13-19(24)21-16-8-7-14(2)15(3)10-16/h5-10H,4,11-13H2,1-3H3,(H,20,23)(H,21,24). The third kappa shape index (κ3) is 6.32. The van der Waals surface area contributed by atoms with E-state index in [1.165, 1.54) is 5.56 Å². The molecule has 0 saturated heterocycles. The lowest BCUT2D eigenvalue weighted by Gasteiger charge is -2.19. The summed E-state index contributed by atoms with van der Waals surface area (Å²) in [6, 6.07) is 9.78. The number of thiophene rings is 1. The van der Waals surface area contributed by atoms with Crippen molar-refractivity contribution in [3.05, 3.63) is 51.7 Å². The minimum absolute atomic E-state index is 0.0748. The molecule has 6 heteroatoms. The summed E-state index contributed by atoms with van der Waals surface area (Å²) in [7, 11) is 0. The third-order valence-electron chi connectivity index (χ3n) is 4.01. The Morgan fingerprint density at radius 3 is 2.48 bits per heavy atom. The number of rotatable bonds is 8. The first kappa shape index (κ1) is 19.1. The highest BCUT2D eigenvalue weighted by atomic mass is 32.1. The average Bonchev–Trinajstić information content (AvgIpc) is 3.09. The van der Waals surface area contributed by atoms with Gasteiger partial charge in [0, 0.05) is 10.6 Å². The van der Waals surface area contributed by atoms with E-state index >= 15 is 0 Å². The van der Waals surface area contributed by atoms with Crippen molar-refractivity contribution in [1.29, 1.82) is 0 Å². The summed E-state index contributed by atoms with van der Waals surface area (Å²) >= 11 is 1.61. The van der Waals surface area contributed by atoms with E-state index in [1.807, 2.05) is 61.4 Å². The molecule has 1 aromatic carbocycles. The highest BCUT2D eigenvalue weighted by Gasteiger charge is 2.13. The van der Waals surface area contributed by atoms with E-state index in [1.54, 1.807) is 11.3 Å². The molecule has 25 heavy (non-hydrogen) atoms. The fraction of sp³-hybridized carbons (Fsp3) is 0.368. The van der Waals surface area contributed by atoms with E-state index in [-0.39, 0.29) is 24.9 Å². The quantitative estimate of drug-likeness (QED) is 0.762. The lowest BCUT2D eigenvalue weighted by Crippen LogP contribution is -2.40. The number of likely N-dealkylation sites (N-methyl/N-ethyl adjacent to an activating group) is 1. The molecular formula is C19H25N3O2S. The monoisotopic (exact) mass is 359 g/mol. The molecule has 0 saturated carbocycles. The Hall–Kier alpha value is -2.18. The number of amides is 2. The first-order valence-electron chi connectivity index (χ1n) is 8.36. The molecule has 0 radical (unpaired) electrons. The minimum Gasteiger partial charge on any atom is -0.350 e. The van der Waals surface area contributed by atoms with Gasteiger partial charge in [0.1, 0.15) is 0 Å².